The highest BCUT2D eigenvalue weighted by Gasteiger charge is 2.20. The molecular weight excluding hydrogens is 196 g/mol. The largest absolute Gasteiger partial charge is 0.502 e. The quantitative estimate of drug-likeness (QED) is 0.573. The summed E-state index contributed by atoms with van der Waals surface area (Å²) >= 11 is 0. The molecular formula is C10H10N2O3. The molecule has 5 nitrogen and oxygen atoms in total. The van der Waals surface area contributed by atoms with Crippen LogP contribution in [0.5, 0.6) is 5.75 Å². The van der Waals surface area contributed by atoms with Gasteiger partial charge in [-0.1, -0.05) is 0 Å². The summed E-state index contributed by atoms with van der Waals surface area (Å²) in [6, 6.07) is 4.72. The topological polar surface area (TPSA) is 68.3 Å². The van der Waals surface area contributed by atoms with E-state index in [9.17, 15) is 15.2 Å². The lowest BCUT2D eigenvalue weighted by atomic mass is 10.2. The van der Waals surface area contributed by atoms with E-state index in [1.165, 1.54) is 6.07 Å². The van der Waals surface area contributed by atoms with Gasteiger partial charge in [0.1, 0.15) is 0 Å². The van der Waals surface area contributed by atoms with Crippen LogP contribution in [0.25, 0.3) is 10.9 Å². The van der Waals surface area contributed by atoms with Crippen LogP contribution in [0.2, 0.25) is 0 Å². The molecule has 0 saturated carbocycles. The Labute approximate surface area is 85.7 Å². The van der Waals surface area contributed by atoms with Gasteiger partial charge in [0.2, 0.25) is 0 Å². The molecule has 2 rings (SSSR count). The zero-order valence-electron chi connectivity index (χ0n) is 8.39. The van der Waals surface area contributed by atoms with Gasteiger partial charge in [0.25, 0.3) is 0 Å². The first kappa shape index (κ1) is 9.51. The van der Waals surface area contributed by atoms with Crippen molar-refractivity contribution in [3.8, 4) is 5.75 Å². The van der Waals surface area contributed by atoms with Gasteiger partial charge in [0, 0.05) is 12.7 Å². The zero-order chi connectivity index (χ0) is 11.2. The van der Waals surface area contributed by atoms with E-state index < -0.39 is 4.92 Å². The van der Waals surface area contributed by atoms with Crippen molar-refractivity contribution in [1.82, 2.24) is 4.57 Å². The Morgan fingerprint density at radius 1 is 1.47 bits per heavy atom. The number of aromatic hydroxyl groups is 1. The first-order chi connectivity index (χ1) is 7.02. The first-order valence-electron chi connectivity index (χ1n) is 4.44. The maximum absolute atomic E-state index is 10.8. The minimum Gasteiger partial charge on any atom is -0.502 e. The molecule has 0 fully saturated rings. The van der Waals surface area contributed by atoms with Crippen LogP contribution in [0.4, 0.5) is 5.69 Å². The van der Waals surface area contributed by atoms with Crippen molar-refractivity contribution in [2.24, 2.45) is 7.05 Å². The summed E-state index contributed by atoms with van der Waals surface area (Å²) in [4.78, 5) is 10.2. The number of nitro benzene ring substituents is 1. The Hall–Kier alpha value is -2.04. The third-order valence-electron chi connectivity index (χ3n) is 2.60. The number of nitro groups is 1. The van der Waals surface area contributed by atoms with Crippen LogP contribution < -0.4 is 0 Å². The second-order valence-electron chi connectivity index (χ2n) is 3.47. The molecule has 0 aliphatic rings. The predicted octanol–water partition coefficient (Wildman–Crippen LogP) is 2.10. The highest BCUT2D eigenvalue weighted by Crippen LogP contribution is 2.35. The summed E-state index contributed by atoms with van der Waals surface area (Å²) in [6.07, 6.45) is 0. The van der Waals surface area contributed by atoms with Gasteiger partial charge >= 0.3 is 5.69 Å². The van der Waals surface area contributed by atoms with Crippen LogP contribution in [0.15, 0.2) is 18.2 Å². The molecule has 1 N–H and O–H groups in total. The average Bonchev–Trinajstić information content (AvgIpc) is 2.42. The lowest BCUT2D eigenvalue weighted by Gasteiger charge is -2.00. The molecule has 0 bridgehead atoms. The molecule has 0 radical (unpaired) electrons. The van der Waals surface area contributed by atoms with E-state index in [4.69, 9.17) is 0 Å². The molecule has 0 saturated heterocycles. The van der Waals surface area contributed by atoms with Gasteiger partial charge in [-0.3, -0.25) is 10.1 Å². The summed E-state index contributed by atoms with van der Waals surface area (Å²) in [7, 11) is 1.83. The highest BCUT2D eigenvalue weighted by atomic mass is 16.6. The predicted molar refractivity (Wildman–Crippen MR) is 56.0 cm³/mol. The number of benzene rings is 1. The third-order valence-corrected chi connectivity index (χ3v) is 2.60. The number of nitrogens with zero attached hydrogens (tertiary/aromatic N) is 2. The summed E-state index contributed by atoms with van der Waals surface area (Å²) < 4.78 is 1.85. The number of aryl methyl sites for hydroxylation is 2. The van der Waals surface area contributed by atoms with Crippen molar-refractivity contribution < 1.29 is 10.0 Å². The molecule has 1 aromatic heterocycles. The number of fused-ring (bicyclic) bond motifs is 1. The van der Waals surface area contributed by atoms with E-state index in [2.05, 4.69) is 0 Å². The van der Waals surface area contributed by atoms with Gasteiger partial charge in [-0.05, 0) is 25.1 Å². The third kappa shape index (κ3) is 1.24. The van der Waals surface area contributed by atoms with Crippen molar-refractivity contribution in [2.75, 3.05) is 0 Å². The van der Waals surface area contributed by atoms with Crippen LogP contribution >= 0.6 is 0 Å². The smallest absolute Gasteiger partial charge is 0.320 e. The molecule has 0 amide bonds. The van der Waals surface area contributed by atoms with Crippen LogP contribution in [0.3, 0.4) is 0 Å². The van der Waals surface area contributed by atoms with Crippen molar-refractivity contribution in [3.63, 3.8) is 0 Å². The number of phenolic OH excluding ortho intramolecular Hbond substituents is 1. The fourth-order valence-electron chi connectivity index (χ4n) is 1.71. The van der Waals surface area contributed by atoms with Crippen molar-refractivity contribution in [2.45, 2.75) is 6.92 Å². The monoisotopic (exact) mass is 206 g/mol. The van der Waals surface area contributed by atoms with E-state index in [0.717, 1.165) is 11.2 Å². The van der Waals surface area contributed by atoms with Crippen molar-refractivity contribution in [3.05, 3.63) is 34.0 Å². The molecule has 0 aliphatic carbocycles. The van der Waals surface area contributed by atoms with Gasteiger partial charge in [0.05, 0.1) is 15.8 Å². The van der Waals surface area contributed by atoms with E-state index in [-0.39, 0.29) is 11.4 Å². The summed E-state index contributed by atoms with van der Waals surface area (Å²) in [5.41, 5.74) is 1.44. The number of aromatic nitrogens is 1. The van der Waals surface area contributed by atoms with E-state index in [1.807, 2.05) is 18.5 Å². The molecule has 5 heteroatoms. The standard InChI is InChI=1S/C10H10N2O3/c1-6-5-7-8(11(6)2)3-4-9(13)10(7)12(14)15/h3-5,13H,1-2H3. The lowest BCUT2D eigenvalue weighted by Crippen LogP contribution is -1.91. The van der Waals surface area contributed by atoms with Crippen molar-refractivity contribution in [1.29, 1.82) is 0 Å². The Kier molecular flexibility index (Phi) is 1.89. The molecule has 0 spiro atoms. The second kappa shape index (κ2) is 2.98. The minimum absolute atomic E-state index is 0.226. The summed E-state index contributed by atoms with van der Waals surface area (Å²) in [6.45, 7) is 1.86. The Bertz CT molecular complexity index is 557. The van der Waals surface area contributed by atoms with Crippen LogP contribution in [0.1, 0.15) is 5.69 Å². The normalized spacial score (nSPS) is 10.8. The fourth-order valence-corrected chi connectivity index (χ4v) is 1.71. The minimum atomic E-state index is -0.558. The molecule has 1 aromatic carbocycles. The Balaban J connectivity index is 2.94. The SMILES string of the molecule is Cc1cc2c([N+](=O)[O-])c(O)ccc2n1C. The summed E-state index contributed by atoms with van der Waals surface area (Å²) in [5.74, 6) is -0.293. The highest BCUT2D eigenvalue weighted by molar-refractivity contribution is 5.92. The second-order valence-corrected chi connectivity index (χ2v) is 3.47. The average molecular weight is 206 g/mol. The molecule has 0 atom stereocenters. The molecule has 0 unspecified atom stereocenters. The fraction of sp³-hybridized carbons (Fsp3) is 0.200. The molecule has 2 aromatic rings. The van der Waals surface area contributed by atoms with Gasteiger partial charge in [-0.25, -0.2) is 0 Å². The Morgan fingerprint density at radius 2 is 2.13 bits per heavy atom. The molecule has 0 aliphatic heterocycles. The summed E-state index contributed by atoms with van der Waals surface area (Å²) in [5, 5.41) is 20.7. The first-order valence-corrected chi connectivity index (χ1v) is 4.44. The number of phenols is 1. The maximum Gasteiger partial charge on any atom is 0.320 e. The molecule has 1 heterocycles. The van der Waals surface area contributed by atoms with E-state index >= 15 is 0 Å². The maximum atomic E-state index is 10.8. The molecule has 15 heavy (non-hydrogen) atoms. The lowest BCUT2D eigenvalue weighted by molar-refractivity contribution is -0.384. The van der Waals surface area contributed by atoms with Crippen LogP contribution in [-0.4, -0.2) is 14.6 Å². The van der Waals surface area contributed by atoms with Crippen LogP contribution in [0, 0.1) is 17.0 Å². The number of hydrogen-bond acceptors (Lipinski definition) is 3. The van der Waals surface area contributed by atoms with Gasteiger partial charge in [-0.2, -0.15) is 0 Å². The number of rotatable bonds is 1. The van der Waals surface area contributed by atoms with Gasteiger partial charge in [-0.15, -0.1) is 0 Å². The van der Waals surface area contributed by atoms with Crippen LogP contribution in [-0.2, 0) is 7.05 Å². The van der Waals surface area contributed by atoms with E-state index in [1.54, 1.807) is 12.1 Å². The Morgan fingerprint density at radius 3 is 2.73 bits per heavy atom. The molecule has 78 valence electrons. The van der Waals surface area contributed by atoms with Gasteiger partial charge < -0.3 is 9.67 Å². The van der Waals surface area contributed by atoms with Gasteiger partial charge in [0.15, 0.2) is 5.75 Å². The number of hydrogen-bond donors (Lipinski definition) is 1. The van der Waals surface area contributed by atoms with Crippen molar-refractivity contribution >= 4 is 16.6 Å². The zero-order valence-corrected chi connectivity index (χ0v) is 8.39. The van der Waals surface area contributed by atoms with E-state index in [0.29, 0.717) is 5.39 Å².